The number of aliphatic carboxylic acids is 1. The van der Waals surface area contributed by atoms with E-state index in [0.717, 1.165) is 12.2 Å². The summed E-state index contributed by atoms with van der Waals surface area (Å²) >= 11 is 0. The fourth-order valence-electron chi connectivity index (χ4n) is 0.967. The lowest BCUT2D eigenvalue weighted by molar-refractivity contribution is -0.132. The Morgan fingerprint density at radius 1 is 1.44 bits per heavy atom. The van der Waals surface area contributed by atoms with Crippen LogP contribution in [0.5, 0.6) is 0 Å². The molecule has 0 rings (SSSR count). The first-order chi connectivity index (χ1) is 7.61. The number of methoxy groups -OCH3 is 1. The van der Waals surface area contributed by atoms with Gasteiger partial charge in [0.15, 0.2) is 0 Å². The standard InChI is InChI=1S/C10H14N2O4/c1-16-8-7-12(6-2-5-11)9(13)3-4-10(14)15/h3-4H,2,6-8H2,1H3,(H,14,15). The fraction of sp³-hybridized carbons (Fsp3) is 0.500. The van der Waals surface area contributed by atoms with Crippen LogP contribution in [0.25, 0.3) is 0 Å². The van der Waals surface area contributed by atoms with Gasteiger partial charge in [-0.25, -0.2) is 4.79 Å². The Balaban J connectivity index is 4.31. The van der Waals surface area contributed by atoms with Crippen LogP contribution < -0.4 is 0 Å². The Kier molecular flexibility index (Phi) is 7.45. The van der Waals surface area contributed by atoms with E-state index >= 15 is 0 Å². The van der Waals surface area contributed by atoms with Gasteiger partial charge in [0.2, 0.25) is 5.91 Å². The van der Waals surface area contributed by atoms with Gasteiger partial charge in [-0.05, 0) is 0 Å². The summed E-state index contributed by atoms with van der Waals surface area (Å²) in [4.78, 5) is 23.1. The summed E-state index contributed by atoms with van der Waals surface area (Å²) in [5, 5.41) is 16.8. The number of hydrogen-bond donors (Lipinski definition) is 1. The molecule has 88 valence electrons. The molecule has 6 nitrogen and oxygen atoms in total. The normalized spacial score (nSPS) is 10.0. The van der Waals surface area contributed by atoms with Crippen LogP contribution in [0.3, 0.4) is 0 Å². The van der Waals surface area contributed by atoms with E-state index in [-0.39, 0.29) is 13.0 Å². The smallest absolute Gasteiger partial charge is 0.328 e. The summed E-state index contributed by atoms with van der Waals surface area (Å²) in [6.07, 6.45) is 1.94. The minimum atomic E-state index is -1.18. The lowest BCUT2D eigenvalue weighted by Crippen LogP contribution is -2.33. The number of carbonyl (C=O) groups is 2. The summed E-state index contributed by atoms with van der Waals surface area (Å²) in [5.41, 5.74) is 0. The number of carboxylic acids is 1. The topological polar surface area (TPSA) is 90.6 Å². The summed E-state index contributed by atoms with van der Waals surface area (Å²) in [5.74, 6) is -1.62. The molecular weight excluding hydrogens is 212 g/mol. The highest BCUT2D eigenvalue weighted by Crippen LogP contribution is 1.94. The largest absolute Gasteiger partial charge is 0.478 e. The number of nitrogens with zero attached hydrogens (tertiary/aromatic N) is 2. The molecule has 0 heterocycles. The van der Waals surface area contributed by atoms with Crippen LogP contribution in [-0.2, 0) is 14.3 Å². The lowest BCUT2D eigenvalue weighted by Gasteiger charge is -2.19. The Hall–Kier alpha value is -1.87. The highest BCUT2D eigenvalue weighted by atomic mass is 16.5. The van der Waals surface area contributed by atoms with Crippen LogP contribution in [-0.4, -0.2) is 48.7 Å². The third-order valence-corrected chi connectivity index (χ3v) is 1.74. The van der Waals surface area contributed by atoms with Crippen LogP contribution in [0.4, 0.5) is 0 Å². The fourth-order valence-corrected chi connectivity index (χ4v) is 0.967. The minimum Gasteiger partial charge on any atom is -0.478 e. The number of ether oxygens (including phenoxy) is 1. The molecule has 0 radical (unpaired) electrons. The zero-order valence-electron chi connectivity index (χ0n) is 9.05. The van der Waals surface area contributed by atoms with Gasteiger partial charge in [-0.15, -0.1) is 0 Å². The first kappa shape index (κ1) is 14.1. The zero-order chi connectivity index (χ0) is 12.4. The molecule has 1 amide bonds. The average Bonchev–Trinajstić information content (AvgIpc) is 2.26. The van der Waals surface area contributed by atoms with E-state index in [1.807, 2.05) is 6.07 Å². The molecule has 0 aromatic rings. The van der Waals surface area contributed by atoms with Gasteiger partial charge in [-0.1, -0.05) is 0 Å². The highest BCUT2D eigenvalue weighted by Gasteiger charge is 2.09. The van der Waals surface area contributed by atoms with Gasteiger partial charge in [-0.3, -0.25) is 4.79 Å². The van der Waals surface area contributed by atoms with E-state index in [4.69, 9.17) is 15.1 Å². The molecule has 0 saturated heterocycles. The maximum absolute atomic E-state index is 11.5. The van der Waals surface area contributed by atoms with E-state index in [2.05, 4.69) is 0 Å². The van der Waals surface area contributed by atoms with E-state index < -0.39 is 11.9 Å². The Bertz CT molecular complexity index is 306. The van der Waals surface area contributed by atoms with E-state index in [1.54, 1.807) is 0 Å². The predicted octanol–water partition coefficient (Wildman–Crippen LogP) is 0.0159. The molecule has 1 N–H and O–H groups in total. The molecule has 0 aromatic heterocycles. The van der Waals surface area contributed by atoms with E-state index in [1.165, 1.54) is 12.0 Å². The Morgan fingerprint density at radius 2 is 2.12 bits per heavy atom. The Labute approximate surface area is 93.7 Å². The maximum atomic E-state index is 11.5. The zero-order valence-corrected chi connectivity index (χ0v) is 9.05. The third-order valence-electron chi connectivity index (χ3n) is 1.74. The molecule has 0 atom stereocenters. The molecule has 0 fully saturated rings. The number of amides is 1. The molecular formula is C10H14N2O4. The van der Waals surface area contributed by atoms with Gasteiger partial charge in [0, 0.05) is 32.4 Å². The molecule has 0 aliphatic carbocycles. The summed E-state index contributed by atoms with van der Waals surface area (Å²) in [6, 6.07) is 1.92. The van der Waals surface area contributed by atoms with Crippen molar-refractivity contribution < 1.29 is 19.4 Å². The number of carbonyl (C=O) groups excluding carboxylic acids is 1. The quantitative estimate of drug-likeness (QED) is 0.618. The number of rotatable bonds is 7. The molecule has 0 aliphatic rings. The summed E-state index contributed by atoms with van der Waals surface area (Å²) < 4.78 is 4.81. The molecule has 0 aliphatic heterocycles. The van der Waals surface area contributed by atoms with Crippen LogP contribution in [0.1, 0.15) is 6.42 Å². The summed E-state index contributed by atoms with van der Waals surface area (Å²) in [6.45, 7) is 0.946. The van der Waals surface area contributed by atoms with Crippen molar-refractivity contribution in [3.05, 3.63) is 12.2 Å². The first-order valence-corrected chi connectivity index (χ1v) is 4.67. The predicted molar refractivity (Wildman–Crippen MR) is 55.5 cm³/mol. The van der Waals surface area contributed by atoms with Crippen LogP contribution >= 0.6 is 0 Å². The number of hydrogen-bond acceptors (Lipinski definition) is 4. The number of nitriles is 1. The second kappa shape index (κ2) is 8.44. The first-order valence-electron chi connectivity index (χ1n) is 4.67. The molecule has 0 bridgehead atoms. The van der Waals surface area contributed by atoms with Crippen molar-refractivity contribution in [2.75, 3.05) is 26.8 Å². The van der Waals surface area contributed by atoms with Crippen LogP contribution in [0.2, 0.25) is 0 Å². The van der Waals surface area contributed by atoms with Gasteiger partial charge in [0.25, 0.3) is 0 Å². The minimum absolute atomic E-state index is 0.205. The highest BCUT2D eigenvalue weighted by molar-refractivity contribution is 5.93. The summed E-state index contributed by atoms with van der Waals surface area (Å²) in [7, 11) is 1.50. The van der Waals surface area contributed by atoms with Crippen molar-refractivity contribution in [2.24, 2.45) is 0 Å². The van der Waals surface area contributed by atoms with Crippen molar-refractivity contribution in [1.29, 1.82) is 5.26 Å². The van der Waals surface area contributed by atoms with E-state index in [9.17, 15) is 9.59 Å². The van der Waals surface area contributed by atoms with Gasteiger partial charge in [0.1, 0.15) is 0 Å². The second-order valence-corrected chi connectivity index (χ2v) is 2.90. The SMILES string of the molecule is COCCN(CCC#N)C(=O)C=CC(=O)O. The molecule has 0 saturated carbocycles. The molecule has 0 aromatic carbocycles. The second-order valence-electron chi connectivity index (χ2n) is 2.90. The van der Waals surface area contributed by atoms with Crippen molar-refractivity contribution in [3.8, 4) is 6.07 Å². The van der Waals surface area contributed by atoms with Crippen LogP contribution in [0.15, 0.2) is 12.2 Å². The monoisotopic (exact) mass is 226 g/mol. The molecule has 16 heavy (non-hydrogen) atoms. The van der Waals surface area contributed by atoms with Gasteiger partial charge in [0.05, 0.1) is 19.1 Å². The van der Waals surface area contributed by atoms with Gasteiger partial charge < -0.3 is 14.7 Å². The van der Waals surface area contributed by atoms with Crippen molar-refractivity contribution in [2.45, 2.75) is 6.42 Å². The molecule has 0 unspecified atom stereocenters. The van der Waals surface area contributed by atoms with Crippen molar-refractivity contribution in [1.82, 2.24) is 4.90 Å². The molecule has 0 spiro atoms. The maximum Gasteiger partial charge on any atom is 0.328 e. The Morgan fingerprint density at radius 3 is 2.62 bits per heavy atom. The average molecular weight is 226 g/mol. The van der Waals surface area contributed by atoms with Crippen molar-refractivity contribution in [3.63, 3.8) is 0 Å². The van der Waals surface area contributed by atoms with Gasteiger partial charge >= 0.3 is 5.97 Å². The van der Waals surface area contributed by atoms with Crippen molar-refractivity contribution >= 4 is 11.9 Å². The lowest BCUT2D eigenvalue weighted by atomic mass is 10.3. The van der Waals surface area contributed by atoms with Gasteiger partial charge in [-0.2, -0.15) is 5.26 Å². The van der Waals surface area contributed by atoms with Crippen LogP contribution in [0, 0.1) is 11.3 Å². The number of carboxylic acid groups (broad SMARTS) is 1. The van der Waals surface area contributed by atoms with E-state index in [0.29, 0.717) is 13.2 Å². The molecule has 6 heteroatoms. The third kappa shape index (κ3) is 6.56.